The maximum Gasteiger partial charge on any atom is 0.417 e. The van der Waals surface area contributed by atoms with E-state index in [1.165, 1.54) is 13.0 Å². The first-order valence-corrected chi connectivity index (χ1v) is 7.34. The zero-order chi connectivity index (χ0) is 18.4. The smallest absolute Gasteiger partial charge is 0.417 e. The summed E-state index contributed by atoms with van der Waals surface area (Å²) in [5.41, 5.74) is -3.88. The highest BCUT2D eigenvalue weighted by Crippen LogP contribution is 2.41. The van der Waals surface area contributed by atoms with Crippen LogP contribution in [0.25, 0.3) is 11.3 Å². The Labute approximate surface area is 143 Å². The van der Waals surface area contributed by atoms with Crippen molar-refractivity contribution in [3.05, 3.63) is 44.5 Å². The summed E-state index contributed by atoms with van der Waals surface area (Å²) >= 11 is 5.97. The molecule has 0 bridgehead atoms. The fourth-order valence-electron chi connectivity index (χ4n) is 2.46. The van der Waals surface area contributed by atoms with Crippen LogP contribution in [0.4, 0.5) is 13.2 Å². The van der Waals surface area contributed by atoms with Gasteiger partial charge in [0.15, 0.2) is 11.5 Å². The number of aryl methyl sites for hydroxylation is 1. The van der Waals surface area contributed by atoms with Gasteiger partial charge in [-0.25, -0.2) is 0 Å². The van der Waals surface area contributed by atoms with Crippen LogP contribution in [0.5, 0.6) is 0 Å². The third kappa shape index (κ3) is 2.93. The lowest BCUT2D eigenvalue weighted by Gasteiger charge is -2.17. The monoisotopic (exact) mass is 374 g/mol. The number of nitrogens with zero attached hydrogens (tertiary/aromatic N) is 4. The summed E-state index contributed by atoms with van der Waals surface area (Å²) in [6, 6.07) is 2.21. The first-order valence-electron chi connectivity index (χ1n) is 6.96. The third-order valence-corrected chi connectivity index (χ3v) is 3.90. The van der Waals surface area contributed by atoms with E-state index < -0.39 is 28.6 Å². The molecule has 3 rings (SSSR count). The quantitative estimate of drug-likeness (QED) is 0.816. The van der Waals surface area contributed by atoms with Crippen molar-refractivity contribution in [2.75, 3.05) is 6.61 Å². The van der Waals surface area contributed by atoms with Gasteiger partial charge in [0.05, 0.1) is 16.3 Å². The minimum absolute atomic E-state index is 0.0172. The van der Waals surface area contributed by atoms with Gasteiger partial charge in [-0.15, -0.1) is 14.9 Å². The Kier molecular flexibility index (Phi) is 4.15. The molecular weight excluding hydrogens is 365 g/mol. The van der Waals surface area contributed by atoms with Gasteiger partial charge in [0.1, 0.15) is 6.61 Å². The molecule has 0 unspecified atom stereocenters. The molecule has 1 aliphatic rings. The molecule has 11 heteroatoms. The summed E-state index contributed by atoms with van der Waals surface area (Å²) in [5.74, 6) is -0.162. The van der Waals surface area contributed by atoms with E-state index in [1.807, 2.05) is 0 Å². The first kappa shape index (κ1) is 17.2. The van der Waals surface area contributed by atoms with Crippen molar-refractivity contribution in [2.45, 2.75) is 19.5 Å². The van der Waals surface area contributed by atoms with Gasteiger partial charge in [0.2, 0.25) is 0 Å². The predicted octanol–water partition coefficient (Wildman–Crippen LogP) is 2.65. The highest BCUT2D eigenvalue weighted by Gasteiger charge is 2.40. The number of benzene rings is 1. The molecule has 0 fully saturated rings. The minimum Gasteiger partial charge on any atom is -0.424 e. The van der Waals surface area contributed by atoms with Gasteiger partial charge in [-0.1, -0.05) is 22.8 Å². The molecule has 0 amide bonds. The fraction of sp³-hybridized carbons (Fsp3) is 0.286. The van der Waals surface area contributed by atoms with Crippen LogP contribution in [-0.2, 0) is 11.0 Å². The Hall–Kier alpha value is -2.62. The van der Waals surface area contributed by atoms with Crippen LogP contribution < -0.4 is 5.56 Å². The maximum absolute atomic E-state index is 13.8. The largest absolute Gasteiger partial charge is 0.424 e. The van der Waals surface area contributed by atoms with Gasteiger partial charge in [0, 0.05) is 17.5 Å². The minimum atomic E-state index is -4.86. The van der Waals surface area contributed by atoms with Crippen molar-refractivity contribution in [1.82, 2.24) is 14.9 Å². The Bertz CT molecular complexity index is 940. The second kappa shape index (κ2) is 6.03. The van der Waals surface area contributed by atoms with E-state index in [1.54, 1.807) is 0 Å². The standard InChI is InChI=1S/C14H10ClF3N4O3/c1-6-19-20-12(13(23)22(6)24)7-2-3-8(15)10(9-4-5-25-21-9)11(7)14(16,17)18/h2-3,24H,4-5H2,1H3. The lowest BCUT2D eigenvalue weighted by Crippen LogP contribution is -2.26. The molecule has 0 saturated heterocycles. The van der Waals surface area contributed by atoms with Crippen LogP contribution in [-0.4, -0.2) is 32.5 Å². The number of hydrogen-bond donors (Lipinski definition) is 1. The Morgan fingerprint density at radius 3 is 2.64 bits per heavy atom. The Morgan fingerprint density at radius 1 is 1.32 bits per heavy atom. The van der Waals surface area contributed by atoms with E-state index in [0.717, 1.165) is 6.07 Å². The molecule has 0 spiro atoms. The van der Waals surface area contributed by atoms with E-state index in [0.29, 0.717) is 0 Å². The van der Waals surface area contributed by atoms with Crippen molar-refractivity contribution >= 4 is 17.3 Å². The fourth-order valence-corrected chi connectivity index (χ4v) is 2.72. The van der Waals surface area contributed by atoms with Gasteiger partial charge in [-0.05, 0) is 13.0 Å². The number of rotatable bonds is 2. The molecule has 25 heavy (non-hydrogen) atoms. The van der Waals surface area contributed by atoms with Crippen LogP contribution in [0.3, 0.4) is 0 Å². The van der Waals surface area contributed by atoms with Crippen LogP contribution in [0.2, 0.25) is 5.02 Å². The van der Waals surface area contributed by atoms with Crippen LogP contribution in [0.1, 0.15) is 23.4 Å². The molecule has 0 saturated carbocycles. The van der Waals surface area contributed by atoms with Gasteiger partial charge >= 0.3 is 11.7 Å². The van der Waals surface area contributed by atoms with Crippen molar-refractivity contribution in [3.63, 3.8) is 0 Å². The number of alkyl halides is 3. The van der Waals surface area contributed by atoms with Crippen molar-refractivity contribution in [3.8, 4) is 11.3 Å². The molecule has 132 valence electrons. The molecular formula is C14H10ClF3N4O3. The highest BCUT2D eigenvalue weighted by molar-refractivity contribution is 6.34. The van der Waals surface area contributed by atoms with Crippen molar-refractivity contribution in [1.29, 1.82) is 0 Å². The van der Waals surface area contributed by atoms with Crippen molar-refractivity contribution in [2.24, 2.45) is 5.16 Å². The van der Waals surface area contributed by atoms with Crippen molar-refractivity contribution < 1.29 is 23.2 Å². The molecule has 1 aromatic carbocycles. The Morgan fingerprint density at radius 2 is 2.04 bits per heavy atom. The summed E-state index contributed by atoms with van der Waals surface area (Å²) in [6.07, 6.45) is -4.73. The van der Waals surface area contributed by atoms with Gasteiger partial charge in [-0.3, -0.25) is 4.79 Å². The molecule has 0 atom stereocenters. The SMILES string of the molecule is Cc1nnc(-c2ccc(Cl)c(C3=NOCC3)c2C(F)(F)F)c(=O)n1O. The predicted molar refractivity (Wildman–Crippen MR) is 80.8 cm³/mol. The average Bonchev–Trinajstić information content (AvgIpc) is 3.06. The number of halogens is 4. The van der Waals surface area contributed by atoms with E-state index in [4.69, 9.17) is 16.4 Å². The van der Waals surface area contributed by atoms with E-state index in [-0.39, 0.29) is 39.9 Å². The molecule has 7 nitrogen and oxygen atoms in total. The molecule has 1 aromatic heterocycles. The zero-order valence-electron chi connectivity index (χ0n) is 12.6. The molecule has 2 heterocycles. The van der Waals surface area contributed by atoms with E-state index >= 15 is 0 Å². The number of hydrogen-bond acceptors (Lipinski definition) is 6. The van der Waals surface area contributed by atoms with E-state index in [9.17, 15) is 23.2 Å². The molecule has 0 radical (unpaired) electrons. The first-order chi connectivity index (χ1) is 11.7. The normalized spacial score (nSPS) is 14.4. The molecule has 1 N–H and O–H groups in total. The zero-order valence-corrected chi connectivity index (χ0v) is 13.4. The lowest BCUT2D eigenvalue weighted by atomic mass is 9.94. The summed E-state index contributed by atoms with van der Waals surface area (Å²) in [5, 5.41) is 20.1. The lowest BCUT2D eigenvalue weighted by molar-refractivity contribution is -0.137. The van der Waals surface area contributed by atoms with Gasteiger partial charge in [0.25, 0.3) is 0 Å². The van der Waals surface area contributed by atoms with Crippen LogP contribution in [0, 0.1) is 6.92 Å². The topological polar surface area (TPSA) is 89.6 Å². The van der Waals surface area contributed by atoms with Gasteiger partial charge < -0.3 is 10.0 Å². The third-order valence-electron chi connectivity index (χ3n) is 3.58. The molecule has 2 aromatic rings. The highest BCUT2D eigenvalue weighted by atomic mass is 35.5. The average molecular weight is 375 g/mol. The molecule has 0 aliphatic carbocycles. The molecule has 1 aliphatic heterocycles. The second-order valence-electron chi connectivity index (χ2n) is 5.18. The second-order valence-corrected chi connectivity index (χ2v) is 5.58. The van der Waals surface area contributed by atoms with Gasteiger partial charge in [-0.2, -0.15) is 13.2 Å². The summed E-state index contributed by atoms with van der Waals surface area (Å²) in [6.45, 7) is 1.40. The van der Waals surface area contributed by atoms with Crippen LogP contribution >= 0.6 is 11.6 Å². The maximum atomic E-state index is 13.8. The van der Waals surface area contributed by atoms with E-state index in [2.05, 4.69) is 15.4 Å². The van der Waals surface area contributed by atoms with Crippen LogP contribution in [0.15, 0.2) is 22.1 Å². The Balaban J connectivity index is 2.38. The number of aromatic nitrogens is 3. The number of oxime groups is 1. The summed E-state index contributed by atoms with van der Waals surface area (Å²) in [7, 11) is 0. The summed E-state index contributed by atoms with van der Waals surface area (Å²) < 4.78 is 41.4. The summed E-state index contributed by atoms with van der Waals surface area (Å²) in [4.78, 5) is 16.9.